The van der Waals surface area contributed by atoms with Gasteiger partial charge in [-0.1, -0.05) is 6.92 Å². The molecule has 2 N–H and O–H groups in total. The van der Waals surface area contributed by atoms with Gasteiger partial charge >= 0.3 is 0 Å². The maximum absolute atomic E-state index is 8.34. The zero-order valence-corrected chi connectivity index (χ0v) is 5.48. The summed E-state index contributed by atoms with van der Waals surface area (Å²) in [5.74, 6) is 0. The topological polar surface area (TPSA) is 32.3 Å². The fraction of sp³-hybridized carbons (Fsp3) is 1.00. The maximum atomic E-state index is 8.34. The Morgan fingerprint density at radius 3 is 2.62 bits per heavy atom. The molecular formula is C6H15NO. The molecular weight excluding hydrogens is 102 g/mol. The van der Waals surface area contributed by atoms with Crippen LogP contribution >= 0.6 is 0 Å². The first-order valence-corrected chi connectivity index (χ1v) is 3.23. The molecule has 0 unspecified atom stereocenters. The summed E-state index contributed by atoms with van der Waals surface area (Å²) in [4.78, 5) is 0. The summed E-state index contributed by atoms with van der Waals surface area (Å²) in [6.45, 7) is 4.48. The molecule has 0 aliphatic carbocycles. The second-order valence-electron chi connectivity index (χ2n) is 1.78. The molecule has 0 spiro atoms. The van der Waals surface area contributed by atoms with Gasteiger partial charge in [-0.25, -0.2) is 0 Å². The third-order valence-electron chi connectivity index (χ3n) is 1.01. The molecule has 0 saturated carbocycles. The van der Waals surface area contributed by atoms with Crippen LogP contribution in [-0.4, -0.2) is 24.8 Å². The molecule has 0 heterocycles. The average Bonchev–Trinajstić information content (AvgIpc) is 1.81. The quantitative estimate of drug-likeness (QED) is 0.510. The lowest BCUT2D eigenvalue weighted by molar-refractivity contribution is 0.284. The Morgan fingerprint density at radius 1 is 1.38 bits per heavy atom. The van der Waals surface area contributed by atoms with Crippen molar-refractivity contribution < 1.29 is 5.11 Å². The number of unbranched alkanes of at least 4 members (excludes halogenated alkanes) is 1. The Kier molecular flexibility index (Phi) is 6.85. The van der Waals surface area contributed by atoms with E-state index in [9.17, 15) is 0 Å². The van der Waals surface area contributed by atoms with Crippen molar-refractivity contribution >= 4 is 0 Å². The summed E-state index contributed by atoms with van der Waals surface area (Å²) in [7, 11) is 0. The van der Waals surface area contributed by atoms with Crippen molar-refractivity contribution in [2.75, 3.05) is 19.7 Å². The van der Waals surface area contributed by atoms with E-state index in [0.717, 1.165) is 25.9 Å². The van der Waals surface area contributed by atoms with E-state index in [-0.39, 0.29) is 0 Å². The fourth-order valence-corrected chi connectivity index (χ4v) is 0.539. The number of aliphatic hydroxyl groups excluding tert-OH is 1. The third-order valence-corrected chi connectivity index (χ3v) is 1.01. The molecule has 0 aliphatic heterocycles. The van der Waals surface area contributed by atoms with Gasteiger partial charge in [0.1, 0.15) is 0 Å². The van der Waals surface area contributed by atoms with Crippen molar-refractivity contribution in [2.24, 2.45) is 0 Å². The second kappa shape index (κ2) is 6.92. The van der Waals surface area contributed by atoms with E-state index < -0.39 is 0 Å². The lowest BCUT2D eigenvalue weighted by atomic mass is 10.3. The highest BCUT2D eigenvalue weighted by Crippen LogP contribution is 1.81. The SMILES string of the molecule is CCNCCCCO. The minimum Gasteiger partial charge on any atom is -0.396 e. The summed E-state index contributed by atoms with van der Waals surface area (Å²) >= 11 is 0. The molecule has 0 aromatic heterocycles. The Balaban J connectivity index is 2.53. The molecule has 0 aromatic carbocycles. The average molecular weight is 117 g/mol. The Labute approximate surface area is 50.9 Å². The third kappa shape index (κ3) is 5.92. The van der Waals surface area contributed by atoms with E-state index in [0.29, 0.717) is 6.61 Å². The molecule has 50 valence electrons. The second-order valence-corrected chi connectivity index (χ2v) is 1.78. The molecule has 0 atom stereocenters. The first-order valence-electron chi connectivity index (χ1n) is 3.23. The summed E-state index contributed by atoms with van der Waals surface area (Å²) in [5, 5.41) is 11.5. The number of nitrogens with one attached hydrogen (secondary N) is 1. The first kappa shape index (κ1) is 7.92. The van der Waals surface area contributed by atoms with Gasteiger partial charge < -0.3 is 10.4 Å². The molecule has 0 fully saturated rings. The maximum Gasteiger partial charge on any atom is 0.0431 e. The molecule has 0 radical (unpaired) electrons. The van der Waals surface area contributed by atoms with Crippen LogP contribution in [0.4, 0.5) is 0 Å². The van der Waals surface area contributed by atoms with Gasteiger partial charge in [-0.15, -0.1) is 0 Å². The lowest BCUT2D eigenvalue weighted by Gasteiger charge is -1.96. The van der Waals surface area contributed by atoms with Gasteiger partial charge in [0.15, 0.2) is 0 Å². The zero-order valence-electron chi connectivity index (χ0n) is 5.48. The van der Waals surface area contributed by atoms with Crippen LogP contribution < -0.4 is 5.32 Å². The van der Waals surface area contributed by atoms with Crippen molar-refractivity contribution in [1.82, 2.24) is 5.32 Å². The standard InChI is InChI=1S/C6H15NO/c1-2-7-5-3-4-6-8/h7-8H,2-6H2,1H3. The highest BCUT2D eigenvalue weighted by atomic mass is 16.2. The van der Waals surface area contributed by atoms with E-state index in [1.54, 1.807) is 0 Å². The summed E-state index contributed by atoms with van der Waals surface area (Å²) < 4.78 is 0. The van der Waals surface area contributed by atoms with E-state index in [1.165, 1.54) is 0 Å². The van der Waals surface area contributed by atoms with Crippen molar-refractivity contribution in [3.63, 3.8) is 0 Å². The fourth-order valence-electron chi connectivity index (χ4n) is 0.539. The van der Waals surface area contributed by atoms with Gasteiger partial charge in [0, 0.05) is 6.61 Å². The summed E-state index contributed by atoms with van der Waals surface area (Å²) in [5.41, 5.74) is 0. The zero-order chi connectivity index (χ0) is 6.24. The van der Waals surface area contributed by atoms with Gasteiger partial charge in [-0.05, 0) is 25.9 Å². The largest absolute Gasteiger partial charge is 0.396 e. The predicted molar refractivity (Wildman–Crippen MR) is 34.9 cm³/mol. The molecule has 8 heavy (non-hydrogen) atoms. The van der Waals surface area contributed by atoms with Gasteiger partial charge in [0.2, 0.25) is 0 Å². The molecule has 2 heteroatoms. The molecule has 0 amide bonds. The lowest BCUT2D eigenvalue weighted by Crippen LogP contribution is -2.13. The van der Waals surface area contributed by atoms with E-state index >= 15 is 0 Å². The van der Waals surface area contributed by atoms with E-state index in [1.807, 2.05) is 0 Å². The Morgan fingerprint density at radius 2 is 2.12 bits per heavy atom. The van der Waals surface area contributed by atoms with Crippen molar-refractivity contribution in [3.05, 3.63) is 0 Å². The normalized spacial score (nSPS) is 9.75. The van der Waals surface area contributed by atoms with Crippen molar-refractivity contribution in [1.29, 1.82) is 0 Å². The molecule has 0 aliphatic rings. The first-order chi connectivity index (χ1) is 3.91. The van der Waals surface area contributed by atoms with Gasteiger partial charge in [-0.2, -0.15) is 0 Å². The number of rotatable bonds is 5. The van der Waals surface area contributed by atoms with E-state index in [4.69, 9.17) is 5.11 Å². The highest BCUT2D eigenvalue weighted by Gasteiger charge is 1.82. The summed E-state index contributed by atoms with van der Waals surface area (Å²) in [6.07, 6.45) is 2.01. The molecule has 0 saturated heterocycles. The van der Waals surface area contributed by atoms with Gasteiger partial charge in [-0.3, -0.25) is 0 Å². The molecule has 2 nitrogen and oxygen atoms in total. The van der Waals surface area contributed by atoms with Crippen LogP contribution in [0.1, 0.15) is 19.8 Å². The predicted octanol–water partition coefficient (Wildman–Crippen LogP) is 0.368. The number of hydrogen-bond donors (Lipinski definition) is 2. The van der Waals surface area contributed by atoms with Crippen LogP contribution in [-0.2, 0) is 0 Å². The van der Waals surface area contributed by atoms with Crippen molar-refractivity contribution in [3.8, 4) is 0 Å². The highest BCUT2D eigenvalue weighted by molar-refractivity contribution is 4.42. The van der Waals surface area contributed by atoms with Crippen LogP contribution in [0.3, 0.4) is 0 Å². The number of hydrogen-bond acceptors (Lipinski definition) is 2. The van der Waals surface area contributed by atoms with Crippen LogP contribution in [0.2, 0.25) is 0 Å². The van der Waals surface area contributed by atoms with Gasteiger partial charge in [0.05, 0.1) is 0 Å². The molecule has 0 rings (SSSR count). The van der Waals surface area contributed by atoms with Crippen LogP contribution in [0.25, 0.3) is 0 Å². The minimum atomic E-state index is 0.325. The Hall–Kier alpha value is -0.0800. The minimum absolute atomic E-state index is 0.325. The van der Waals surface area contributed by atoms with Gasteiger partial charge in [0.25, 0.3) is 0 Å². The molecule has 0 bridgehead atoms. The smallest absolute Gasteiger partial charge is 0.0431 e. The molecule has 0 aromatic rings. The van der Waals surface area contributed by atoms with Crippen molar-refractivity contribution in [2.45, 2.75) is 19.8 Å². The summed E-state index contributed by atoms with van der Waals surface area (Å²) in [6, 6.07) is 0. The van der Waals surface area contributed by atoms with Crippen LogP contribution in [0.15, 0.2) is 0 Å². The monoisotopic (exact) mass is 117 g/mol. The van der Waals surface area contributed by atoms with E-state index in [2.05, 4.69) is 12.2 Å². The van der Waals surface area contributed by atoms with Crippen LogP contribution in [0.5, 0.6) is 0 Å². The number of aliphatic hydroxyl groups is 1. The Bertz CT molecular complexity index is 33.5. The van der Waals surface area contributed by atoms with Crippen LogP contribution in [0, 0.1) is 0 Å².